The minimum atomic E-state index is -0.111. The number of hydrogen-bond donors (Lipinski definition) is 1. The van der Waals surface area contributed by atoms with Crippen molar-refractivity contribution < 1.29 is 4.79 Å². The second-order valence-corrected chi connectivity index (χ2v) is 5.89. The van der Waals surface area contributed by atoms with Crippen LogP contribution in [-0.4, -0.2) is 32.4 Å². The molecular formula is C20H17N5O. The van der Waals surface area contributed by atoms with Crippen molar-refractivity contribution in [3.63, 3.8) is 0 Å². The van der Waals surface area contributed by atoms with E-state index in [4.69, 9.17) is 0 Å². The quantitative estimate of drug-likeness (QED) is 0.605. The summed E-state index contributed by atoms with van der Waals surface area (Å²) in [6, 6.07) is 21.0. The van der Waals surface area contributed by atoms with Crippen molar-refractivity contribution >= 4 is 17.1 Å². The lowest BCUT2D eigenvalue weighted by Crippen LogP contribution is -2.25. The Bertz CT molecular complexity index is 1040. The number of pyridine rings is 1. The minimum Gasteiger partial charge on any atom is -0.352 e. The zero-order valence-electron chi connectivity index (χ0n) is 14.0. The van der Waals surface area contributed by atoms with E-state index in [-0.39, 0.29) is 5.91 Å². The van der Waals surface area contributed by atoms with Crippen LogP contribution in [0.3, 0.4) is 0 Å². The molecule has 6 nitrogen and oxygen atoms in total. The van der Waals surface area contributed by atoms with Gasteiger partial charge in [0.05, 0.1) is 5.69 Å². The molecule has 1 amide bonds. The Morgan fingerprint density at radius 2 is 1.88 bits per heavy atom. The first-order valence-corrected chi connectivity index (χ1v) is 8.40. The Morgan fingerprint density at radius 3 is 2.77 bits per heavy atom. The van der Waals surface area contributed by atoms with Gasteiger partial charge in [0.1, 0.15) is 5.52 Å². The Hall–Kier alpha value is -3.54. The number of nitrogens with zero attached hydrogens (tertiary/aromatic N) is 4. The standard InChI is InChI=1S/C20H17N5O/c26-20(22-13-11-15-6-2-1-3-7-15)16-8-4-9-17(14-16)25-19-18(23-24-25)10-5-12-21-19/h1-10,12,14H,11,13H2,(H,22,26). The Labute approximate surface area is 150 Å². The van der Waals surface area contributed by atoms with Gasteiger partial charge in [-0.2, -0.15) is 4.68 Å². The molecule has 2 heterocycles. The van der Waals surface area contributed by atoms with Gasteiger partial charge in [0, 0.05) is 18.3 Å². The van der Waals surface area contributed by atoms with Gasteiger partial charge in [0.25, 0.3) is 5.91 Å². The molecule has 0 aliphatic heterocycles. The average Bonchev–Trinajstić information content (AvgIpc) is 3.13. The highest BCUT2D eigenvalue weighted by molar-refractivity contribution is 5.94. The third-order valence-electron chi connectivity index (χ3n) is 4.10. The summed E-state index contributed by atoms with van der Waals surface area (Å²) in [5.41, 5.74) is 3.90. The first kappa shape index (κ1) is 16.0. The molecule has 0 aliphatic carbocycles. The molecular weight excluding hydrogens is 326 g/mol. The number of rotatable bonds is 5. The number of amides is 1. The molecule has 2 aromatic heterocycles. The molecule has 2 aromatic carbocycles. The molecule has 128 valence electrons. The van der Waals surface area contributed by atoms with Gasteiger partial charge in [0.15, 0.2) is 5.65 Å². The second-order valence-electron chi connectivity index (χ2n) is 5.89. The predicted octanol–water partition coefficient (Wildman–Crippen LogP) is 2.79. The lowest BCUT2D eigenvalue weighted by molar-refractivity contribution is 0.0954. The van der Waals surface area contributed by atoms with Crippen molar-refractivity contribution in [1.29, 1.82) is 0 Å². The number of hydrogen-bond acceptors (Lipinski definition) is 4. The molecule has 0 spiro atoms. The smallest absolute Gasteiger partial charge is 0.251 e. The van der Waals surface area contributed by atoms with E-state index in [1.165, 1.54) is 5.56 Å². The highest BCUT2D eigenvalue weighted by Gasteiger charge is 2.10. The number of aromatic nitrogens is 4. The molecule has 0 bridgehead atoms. The fraction of sp³-hybridized carbons (Fsp3) is 0.100. The predicted molar refractivity (Wildman–Crippen MR) is 99.1 cm³/mol. The first-order valence-electron chi connectivity index (χ1n) is 8.40. The zero-order chi connectivity index (χ0) is 17.8. The number of carbonyl (C=O) groups is 1. The maximum atomic E-state index is 12.4. The van der Waals surface area contributed by atoms with Gasteiger partial charge in [-0.15, -0.1) is 5.10 Å². The molecule has 0 radical (unpaired) electrons. The van der Waals surface area contributed by atoms with Crippen LogP contribution in [0.25, 0.3) is 16.9 Å². The van der Waals surface area contributed by atoms with Crippen molar-refractivity contribution in [1.82, 2.24) is 25.3 Å². The van der Waals surface area contributed by atoms with Gasteiger partial charge < -0.3 is 5.32 Å². The van der Waals surface area contributed by atoms with E-state index >= 15 is 0 Å². The molecule has 4 aromatic rings. The van der Waals surface area contributed by atoms with E-state index in [1.54, 1.807) is 23.0 Å². The van der Waals surface area contributed by atoms with Gasteiger partial charge >= 0.3 is 0 Å². The van der Waals surface area contributed by atoms with Crippen molar-refractivity contribution in [2.75, 3.05) is 6.54 Å². The van der Waals surface area contributed by atoms with E-state index in [0.717, 1.165) is 12.1 Å². The SMILES string of the molecule is O=C(NCCc1ccccc1)c1cccc(-n2nnc3cccnc32)c1. The zero-order valence-corrected chi connectivity index (χ0v) is 14.0. The van der Waals surface area contributed by atoms with Crippen LogP contribution < -0.4 is 5.32 Å². The number of nitrogens with one attached hydrogen (secondary N) is 1. The summed E-state index contributed by atoms with van der Waals surface area (Å²) >= 11 is 0. The fourth-order valence-corrected chi connectivity index (χ4v) is 2.78. The van der Waals surface area contributed by atoms with Crippen molar-refractivity contribution in [2.45, 2.75) is 6.42 Å². The van der Waals surface area contributed by atoms with Gasteiger partial charge in [0.2, 0.25) is 0 Å². The lowest BCUT2D eigenvalue weighted by atomic mass is 10.1. The summed E-state index contributed by atoms with van der Waals surface area (Å²) in [5, 5.41) is 11.2. The van der Waals surface area contributed by atoms with Gasteiger partial charge in [-0.25, -0.2) is 4.98 Å². The second kappa shape index (κ2) is 7.14. The summed E-state index contributed by atoms with van der Waals surface area (Å²) in [4.78, 5) is 16.8. The monoisotopic (exact) mass is 343 g/mol. The summed E-state index contributed by atoms with van der Waals surface area (Å²) in [6.45, 7) is 0.584. The summed E-state index contributed by atoms with van der Waals surface area (Å²) in [5.74, 6) is -0.111. The third-order valence-corrected chi connectivity index (χ3v) is 4.10. The largest absolute Gasteiger partial charge is 0.352 e. The maximum absolute atomic E-state index is 12.4. The van der Waals surface area contributed by atoms with Crippen LogP contribution in [0.15, 0.2) is 72.9 Å². The van der Waals surface area contributed by atoms with Crippen LogP contribution in [0.4, 0.5) is 0 Å². The molecule has 1 N–H and O–H groups in total. The molecule has 0 aliphatic rings. The molecule has 0 unspecified atom stereocenters. The minimum absolute atomic E-state index is 0.111. The van der Waals surface area contributed by atoms with Crippen LogP contribution in [0.2, 0.25) is 0 Å². The fourth-order valence-electron chi connectivity index (χ4n) is 2.78. The van der Waals surface area contributed by atoms with E-state index in [0.29, 0.717) is 23.3 Å². The Kier molecular flexibility index (Phi) is 4.38. The van der Waals surface area contributed by atoms with E-state index in [1.807, 2.05) is 42.5 Å². The Balaban J connectivity index is 1.49. The van der Waals surface area contributed by atoms with Gasteiger partial charge in [-0.3, -0.25) is 4.79 Å². The van der Waals surface area contributed by atoms with Crippen LogP contribution in [0.1, 0.15) is 15.9 Å². The maximum Gasteiger partial charge on any atom is 0.251 e. The van der Waals surface area contributed by atoms with E-state index < -0.39 is 0 Å². The lowest BCUT2D eigenvalue weighted by Gasteiger charge is -2.07. The third kappa shape index (κ3) is 3.30. The number of benzene rings is 2. The van der Waals surface area contributed by atoms with Crippen LogP contribution in [-0.2, 0) is 6.42 Å². The molecule has 6 heteroatoms. The van der Waals surface area contributed by atoms with Crippen molar-refractivity contribution in [2.24, 2.45) is 0 Å². The molecule has 0 fully saturated rings. The summed E-state index contributed by atoms with van der Waals surface area (Å²) < 4.78 is 1.64. The van der Waals surface area contributed by atoms with Crippen LogP contribution >= 0.6 is 0 Å². The highest BCUT2D eigenvalue weighted by Crippen LogP contribution is 2.15. The molecule has 0 saturated carbocycles. The number of fused-ring (bicyclic) bond motifs is 1. The number of carbonyl (C=O) groups excluding carboxylic acids is 1. The molecule has 0 saturated heterocycles. The normalized spacial score (nSPS) is 10.8. The van der Waals surface area contributed by atoms with Crippen LogP contribution in [0, 0.1) is 0 Å². The summed E-state index contributed by atoms with van der Waals surface area (Å²) in [7, 11) is 0. The average molecular weight is 343 g/mol. The van der Waals surface area contributed by atoms with Crippen LogP contribution in [0.5, 0.6) is 0 Å². The van der Waals surface area contributed by atoms with E-state index in [2.05, 4.69) is 32.7 Å². The topological polar surface area (TPSA) is 72.7 Å². The van der Waals surface area contributed by atoms with Crippen molar-refractivity contribution in [3.05, 3.63) is 84.1 Å². The molecule has 0 atom stereocenters. The summed E-state index contributed by atoms with van der Waals surface area (Å²) in [6.07, 6.45) is 2.49. The first-order chi connectivity index (χ1) is 12.8. The van der Waals surface area contributed by atoms with Crippen molar-refractivity contribution in [3.8, 4) is 5.69 Å². The Morgan fingerprint density at radius 1 is 1.00 bits per heavy atom. The van der Waals surface area contributed by atoms with E-state index in [9.17, 15) is 4.79 Å². The van der Waals surface area contributed by atoms with Gasteiger partial charge in [-0.1, -0.05) is 41.6 Å². The highest BCUT2D eigenvalue weighted by atomic mass is 16.1. The molecule has 4 rings (SSSR count). The van der Waals surface area contributed by atoms with Gasteiger partial charge in [-0.05, 0) is 42.3 Å². The molecule has 26 heavy (non-hydrogen) atoms.